The van der Waals surface area contributed by atoms with Gasteiger partial charge in [0.15, 0.2) is 0 Å². The highest BCUT2D eigenvalue weighted by atomic mass is 32.1. The molecule has 0 radical (unpaired) electrons. The quantitative estimate of drug-likeness (QED) is 0.169. The van der Waals surface area contributed by atoms with Crippen LogP contribution in [-0.4, -0.2) is 4.98 Å². The first kappa shape index (κ1) is 31.4. The Labute approximate surface area is 324 Å². The summed E-state index contributed by atoms with van der Waals surface area (Å²) in [6.07, 6.45) is 0. The zero-order valence-electron chi connectivity index (χ0n) is 28.9. The molecule has 254 valence electrons. The molecule has 0 unspecified atom stereocenters. The van der Waals surface area contributed by atoms with Crippen LogP contribution in [0.25, 0.3) is 83.4 Å². The van der Waals surface area contributed by atoms with Gasteiger partial charge in [-0.1, -0.05) is 121 Å². The average molecular weight is 743 g/mol. The second-order valence-electron chi connectivity index (χ2n) is 13.5. The molecule has 0 fully saturated rings. The lowest BCUT2D eigenvalue weighted by Crippen LogP contribution is -2.09. The number of thiazole rings is 1. The molecular weight excluding hydrogens is 713 g/mol. The van der Waals surface area contributed by atoms with Crippen LogP contribution in [0.15, 0.2) is 182 Å². The number of fused-ring (bicyclic) bond motifs is 8. The van der Waals surface area contributed by atoms with Crippen LogP contribution in [0, 0.1) is 0 Å². The van der Waals surface area contributed by atoms with Crippen LogP contribution in [0.5, 0.6) is 0 Å². The minimum atomic E-state index is 1.07. The van der Waals surface area contributed by atoms with E-state index in [4.69, 9.17) is 4.98 Å². The predicted molar refractivity (Wildman–Crippen MR) is 236 cm³/mol. The monoisotopic (exact) mass is 742 g/mol. The molecule has 5 heteroatoms. The van der Waals surface area contributed by atoms with Gasteiger partial charge in [0.05, 0.1) is 10.2 Å². The first-order valence-corrected chi connectivity index (χ1v) is 20.5. The second-order valence-corrected chi connectivity index (χ2v) is 16.7. The minimum Gasteiger partial charge on any atom is -0.311 e. The summed E-state index contributed by atoms with van der Waals surface area (Å²) in [5, 5.41) is 6.25. The predicted octanol–water partition coefficient (Wildman–Crippen LogP) is 15.5. The third-order valence-electron chi connectivity index (χ3n) is 10.3. The van der Waals surface area contributed by atoms with E-state index in [1.807, 2.05) is 22.7 Å². The van der Waals surface area contributed by atoms with Crippen LogP contribution in [-0.2, 0) is 0 Å². The van der Waals surface area contributed by atoms with E-state index in [2.05, 4.69) is 187 Å². The molecule has 0 aliphatic carbocycles. The number of aromatic nitrogens is 1. The molecule has 0 N–H and O–H groups in total. The van der Waals surface area contributed by atoms with Gasteiger partial charge in [-0.05, 0) is 82.9 Å². The summed E-state index contributed by atoms with van der Waals surface area (Å²) in [5.74, 6) is 0. The minimum absolute atomic E-state index is 1.07. The van der Waals surface area contributed by atoms with E-state index in [0.29, 0.717) is 0 Å². The number of nitrogens with zero attached hydrogens (tertiary/aromatic N) is 2. The van der Waals surface area contributed by atoms with E-state index < -0.39 is 0 Å². The molecule has 0 atom stereocenters. The van der Waals surface area contributed by atoms with E-state index in [-0.39, 0.29) is 0 Å². The molecule has 3 aromatic heterocycles. The van der Waals surface area contributed by atoms with Crippen LogP contribution in [0.4, 0.5) is 17.1 Å². The Kier molecular flexibility index (Phi) is 7.44. The van der Waals surface area contributed by atoms with Crippen molar-refractivity contribution in [3.63, 3.8) is 0 Å². The molecule has 0 aliphatic rings. The number of hydrogen-bond acceptors (Lipinski definition) is 5. The summed E-state index contributed by atoms with van der Waals surface area (Å²) >= 11 is 5.49. The van der Waals surface area contributed by atoms with Crippen molar-refractivity contribution in [2.75, 3.05) is 4.90 Å². The summed E-state index contributed by atoms with van der Waals surface area (Å²) < 4.78 is 6.45. The topological polar surface area (TPSA) is 16.1 Å². The first-order valence-electron chi connectivity index (χ1n) is 18.0. The smallest absolute Gasteiger partial charge is 0.124 e. The number of anilines is 3. The molecule has 0 amide bonds. The largest absolute Gasteiger partial charge is 0.311 e. The van der Waals surface area contributed by atoms with Crippen molar-refractivity contribution < 1.29 is 0 Å². The molecule has 3 heterocycles. The summed E-state index contributed by atoms with van der Waals surface area (Å²) in [7, 11) is 0. The maximum Gasteiger partial charge on any atom is 0.124 e. The van der Waals surface area contributed by atoms with Crippen LogP contribution >= 0.6 is 34.0 Å². The molecule has 0 spiro atoms. The van der Waals surface area contributed by atoms with Crippen molar-refractivity contribution in [1.82, 2.24) is 4.98 Å². The van der Waals surface area contributed by atoms with Crippen LogP contribution < -0.4 is 4.90 Å². The fraction of sp³-hybridized carbons (Fsp3) is 0. The lowest BCUT2D eigenvalue weighted by molar-refractivity contribution is 1.28. The fourth-order valence-corrected chi connectivity index (χ4v) is 11.1. The summed E-state index contributed by atoms with van der Waals surface area (Å²) in [6, 6.07) is 65.9. The Morgan fingerprint density at radius 1 is 0.370 bits per heavy atom. The fourth-order valence-electron chi connectivity index (χ4n) is 7.73. The van der Waals surface area contributed by atoms with Gasteiger partial charge in [0.1, 0.15) is 5.01 Å². The third-order valence-corrected chi connectivity index (χ3v) is 13.7. The third kappa shape index (κ3) is 5.24. The lowest BCUT2D eigenvalue weighted by Gasteiger charge is -2.26. The molecule has 8 aromatic carbocycles. The van der Waals surface area contributed by atoms with E-state index in [0.717, 1.165) is 27.6 Å². The Hall–Kier alpha value is -6.11. The number of thiophene rings is 2. The van der Waals surface area contributed by atoms with Gasteiger partial charge in [-0.25, -0.2) is 4.98 Å². The molecule has 54 heavy (non-hydrogen) atoms. The van der Waals surface area contributed by atoms with E-state index in [9.17, 15) is 0 Å². The Morgan fingerprint density at radius 2 is 1.02 bits per heavy atom. The molecule has 0 bridgehead atoms. The van der Waals surface area contributed by atoms with Gasteiger partial charge in [-0.3, -0.25) is 0 Å². The van der Waals surface area contributed by atoms with Gasteiger partial charge in [0, 0.05) is 63.0 Å². The zero-order valence-corrected chi connectivity index (χ0v) is 31.4. The Bertz CT molecular complexity index is 3140. The van der Waals surface area contributed by atoms with Gasteiger partial charge in [-0.2, -0.15) is 0 Å². The van der Waals surface area contributed by atoms with Gasteiger partial charge in [0.2, 0.25) is 0 Å². The molecule has 0 saturated carbocycles. The van der Waals surface area contributed by atoms with Gasteiger partial charge in [0.25, 0.3) is 0 Å². The average Bonchev–Trinajstić information content (AvgIpc) is 3.95. The molecular formula is C49H30N2S3. The maximum absolute atomic E-state index is 5.15. The van der Waals surface area contributed by atoms with Crippen molar-refractivity contribution in [3.8, 4) is 32.8 Å². The number of para-hydroxylation sites is 1. The molecule has 0 aliphatic heterocycles. The zero-order chi connectivity index (χ0) is 35.6. The van der Waals surface area contributed by atoms with Crippen molar-refractivity contribution in [1.29, 1.82) is 0 Å². The van der Waals surface area contributed by atoms with Gasteiger partial charge < -0.3 is 4.90 Å². The molecule has 2 nitrogen and oxygen atoms in total. The summed E-state index contributed by atoms with van der Waals surface area (Å²) in [6.45, 7) is 0. The van der Waals surface area contributed by atoms with Crippen LogP contribution in [0.1, 0.15) is 0 Å². The number of rotatable bonds is 6. The van der Waals surface area contributed by atoms with Gasteiger partial charge in [-0.15, -0.1) is 34.0 Å². The number of benzene rings is 8. The van der Waals surface area contributed by atoms with Crippen LogP contribution in [0.2, 0.25) is 0 Å². The first-order chi connectivity index (χ1) is 26.7. The van der Waals surface area contributed by atoms with Crippen molar-refractivity contribution >= 4 is 102 Å². The Morgan fingerprint density at radius 3 is 1.81 bits per heavy atom. The highest BCUT2D eigenvalue weighted by Crippen LogP contribution is 2.44. The van der Waals surface area contributed by atoms with Gasteiger partial charge >= 0.3 is 0 Å². The van der Waals surface area contributed by atoms with E-state index >= 15 is 0 Å². The number of hydrogen-bond donors (Lipinski definition) is 0. The van der Waals surface area contributed by atoms with E-state index in [1.165, 1.54) is 72.9 Å². The second kappa shape index (κ2) is 12.8. The molecule has 0 saturated heterocycles. The highest BCUT2D eigenvalue weighted by Gasteiger charge is 2.17. The standard InChI is InChI=1S/C49H30N2S3/c1-3-10-33(11-4-1)49-50-47-44(54-49)29-28-43-46(47)41-27-22-34(30-45(41)52-43)31-18-23-36(24-19-31)51(35-12-5-2-6-13-35)37-25-20-32(21-26-37)38-15-9-16-40-39-14-7-8-17-42(39)53-48(38)40/h1-30H. The summed E-state index contributed by atoms with van der Waals surface area (Å²) in [4.78, 5) is 7.49. The van der Waals surface area contributed by atoms with E-state index in [1.54, 1.807) is 11.3 Å². The van der Waals surface area contributed by atoms with Crippen molar-refractivity contribution in [3.05, 3.63) is 182 Å². The molecule has 11 aromatic rings. The SMILES string of the molecule is c1ccc(-c2nc3c(ccc4sc5cc(-c6ccc(N(c7ccccc7)c7ccc(-c8cccc9c8sc8ccccc89)cc7)cc6)ccc5c43)s2)cc1. The summed E-state index contributed by atoms with van der Waals surface area (Å²) in [5.41, 5.74) is 10.5. The highest BCUT2D eigenvalue weighted by molar-refractivity contribution is 7.27. The lowest BCUT2D eigenvalue weighted by atomic mass is 10.0. The Balaban J connectivity index is 0.937. The maximum atomic E-state index is 5.15. The van der Waals surface area contributed by atoms with Crippen LogP contribution in [0.3, 0.4) is 0 Å². The van der Waals surface area contributed by atoms with Crippen molar-refractivity contribution in [2.24, 2.45) is 0 Å². The molecule has 11 rings (SSSR count). The normalized spacial score (nSPS) is 11.7. The van der Waals surface area contributed by atoms with Crippen molar-refractivity contribution in [2.45, 2.75) is 0 Å².